The van der Waals surface area contributed by atoms with Crippen LogP contribution in [0.15, 0.2) is 24.3 Å². The number of benzene rings is 1. The Morgan fingerprint density at radius 1 is 1.54 bits per heavy atom. The van der Waals surface area contributed by atoms with Crippen LogP contribution in [0.2, 0.25) is 0 Å². The van der Waals surface area contributed by atoms with Crippen LogP contribution in [0.25, 0.3) is 0 Å². The summed E-state index contributed by atoms with van der Waals surface area (Å²) in [6.07, 6.45) is -0.334. The minimum Gasteiger partial charge on any atom is -0.424 e. The fourth-order valence-electron chi connectivity index (χ4n) is 1.03. The quantitative estimate of drug-likeness (QED) is 0.389. The van der Waals surface area contributed by atoms with E-state index in [1.807, 2.05) is 25.1 Å². The standard InChI is InChI=1S/C10H10O3/c1-7-4-2-3-5-8(7)13-10(11)9-6-12-9/h2-5,9H,6H2,1H3. The zero-order chi connectivity index (χ0) is 9.26. The number of carbonyl (C=O) groups is 1. The maximum absolute atomic E-state index is 11.2. The minimum atomic E-state index is -0.334. The van der Waals surface area contributed by atoms with Gasteiger partial charge in [0.2, 0.25) is 0 Å². The van der Waals surface area contributed by atoms with Crippen LogP contribution in [0.3, 0.4) is 0 Å². The van der Waals surface area contributed by atoms with Crippen LogP contribution >= 0.6 is 0 Å². The molecule has 1 heterocycles. The number of rotatable bonds is 2. The SMILES string of the molecule is Cc1ccccc1OC(=O)C1CO1. The van der Waals surface area contributed by atoms with Crippen molar-refractivity contribution < 1.29 is 14.3 Å². The number of ether oxygens (including phenoxy) is 2. The first kappa shape index (κ1) is 8.26. The molecule has 1 aromatic carbocycles. The van der Waals surface area contributed by atoms with Crippen molar-refractivity contribution in [2.45, 2.75) is 13.0 Å². The first-order chi connectivity index (χ1) is 6.27. The molecule has 1 unspecified atom stereocenters. The monoisotopic (exact) mass is 178 g/mol. The van der Waals surface area contributed by atoms with Gasteiger partial charge in [0, 0.05) is 0 Å². The zero-order valence-electron chi connectivity index (χ0n) is 7.32. The largest absolute Gasteiger partial charge is 0.424 e. The van der Waals surface area contributed by atoms with Crippen LogP contribution in [0.5, 0.6) is 5.75 Å². The average Bonchev–Trinajstić information content (AvgIpc) is 2.91. The molecule has 0 saturated carbocycles. The maximum Gasteiger partial charge on any atom is 0.343 e. The first-order valence-corrected chi connectivity index (χ1v) is 4.16. The van der Waals surface area contributed by atoms with Crippen molar-refractivity contribution >= 4 is 5.97 Å². The lowest BCUT2D eigenvalue weighted by atomic mass is 10.2. The summed E-state index contributed by atoms with van der Waals surface area (Å²) in [5.41, 5.74) is 0.955. The van der Waals surface area contributed by atoms with E-state index in [9.17, 15) is 4.79 Å². The molecule has 1 aliphatic heterocycles. The Morgan fingerprint density at radius 2 is 2.23 bits per heavy atom. The third kappa shape index (κ3) is 1.87. The van der Waals surface area contributed by atoms with Gasteiger partial charge in [-0.1, -0.05) is 18.2 Å². The summed E-state index contributed by atoms with van der Waals surface area (Å²) in [4.78, 5) is 11.2. The Morgan fingerprint density at radius 3 is 2.85 bits per heavy atom. The number of aryl methyl sites for hydroxylation is 1. The van der Waals surface area contributed by atoms with Crippen LogP contribution in [-0.4, -0.2) is 18.7 Å². The Hall–Kier alpha value is -1.35. The van der Waals surface area contributed by atoms with Crippen LogP contribution < -0.4 is 4.74 Å². The fourth-order valence-corrected chi connectivity index (χ4v) is 1.03. The second-order valence-electron chi connectivity index (χ2n) is 3.01. The highest BCUT2D eigenvalue weighted by Crippen LogP contribution is 2.19. The summed E-state index contributed by atoms with van der Waals surface area (Å²) in [7, 11) is 0. The van der Waals surface area contributed by atoms with Crippen molar-refractivity contribution in [3.63, 3.8) is 0 Å². The lowest BCUT2D eigenvalue weighted by Crippen LogP contribution is -2.15. The third-order valence-corrected chi connectivity index (χ3v) is 1.90. The lowest BCUT2D eigenvalue weighted by Gasteiger charge is -2.04. The molecule has 68 valence electrons. The Labute approximate surface area is 76.3 Å². The molecular weight excluding hydrogens is 168 g/mol. The molecule has 1 atom stereocenters. The second-order valence-corrected chi connectivity index (χ2v) is 3.01. The molecule has 0 radical (unpaired) electrons. The van der Waals surface area contributed by atoms with Gasteiger partial charge >= 0.3 is 5.97 Å². The molecule has 0 N–H and O–H groups in total. The molecule has 0 amide bonds. The van der Waals surface area contributed by atoms with Gasteiger partial charge in [0.05, 0.1) is 6.61 Å². The molecule has 0 bridgehead atoms. The highest BCUT2D eigenvalue weighted by atomic mass is 16.6. The molecule has 3 heteroatoms. The zero-order valence-corrected chi connectivity index (χ0v) is 7.32. The number of hydrogen-bond donors (Lipinski definition) is 0. The highest BCUT2D eigenvalue weighted by Gasteiger charge is 2.33. The predicted octanol–water partition coefficient (Wildman–Crippen LogP) is 1.30. The van der Waals surface area contributed by atoms with E-state index in [1.54, 1.807) is 6.07 Å². The van der Waals surface area contributed by atoms with Crippen molar-refractivity contribution in [3.05, 3.63) is 29.8 Å². The van der Waals surface area contributed by atoms with Gasteiger partial charge in [-0.05, 0) is 18.6 Å². The van der Waals surface area contributed by atoms with Crippen molar-refractivity contribution in [3.8, 4) is 5.75 Å². The molecular formula is C10H10O3. The summed E-state index contributed by atoms with van der Waals surface area (Å²) in [6, 6.07) is 7.41. The Kier molecular flexibility index (Phi) is 2.02. The molecule has 3 nitrogen and oxygen atoms in total. The van der Waals surface area contributed by atoms with Crippen molar-refractivity contribution in [1.82, 2.24) is 0 Å². The molecule has 1 aliphatic rings. The average molecular weight is 178 g/mol. The van der Waals surface area contributed by atoms with Gasteiger partial charge in [-0.3, -0.25) is 0 Å². The van der Waals surface area contributed by atoms with E-state index in [0.29, 0.717) is 12.4 Å². The molecule has 1 aromatic rings. The minimum absolute atomic E-state index is 0.297. The summed E-state index contributed by atoms with van der Waals surface area (Å²) in [5.74, 6) is 0.317. The van der Waals surface area contributed by atoms with E-state index >= 15 is 0 Å². The van der Waals surface area contributed by atoms with Gasteiger partial charge in [-0.15, -0.1) is 0 Å². The molecule has 0 aliphatic carbocycles. The van der Waals surface area contributed by atoms with Crippen molar-refractivity contribution in [2.24, 2.45) is 0 Å². The van der Waals surface area contributed by atoms with E-state index < -0.39 is 0 Å². The Balaban J connectivity index is 2.08. The van der Waals surface area contributed by atoms with Gasteiger partial charge in [0.25, 0.3) is 0 Å². The summed E-state index contributed by atoms with van der Waals surface area (Å²) >= 11 is 0. The fraction of sp³-hybridized carbons (Fsp3) is 0.300. The number of para-hydroxylation sites is 1. The molecule has 0 aromatic heterocycles. The molecule has 1 fully saturated rings. The van der Waals surface area contributed by atoms with Crippen molar-refractivity contribution in [1.29, 1.82) is 0 Å². The van der Waals surface area contributed by atoms with Gasteiger partial charge in [-0.25, -0.2) is 4.79 Å². The molecule has 2 rings (SSSR count). The smallest absolute Gasteiger partial charge is 0.343 e. The topological polar surface area (TPSA) is 38.8 Å². The number of epoxide rings is 1. The van der Waals surface area contributed by atoms with Crippen molar-refractivity contribution in [2.75, 3.05) is 6.61 Å². The van der Waals surface area contributed by atoms with Crippen LogP contribution in [0.1, 0.15) is 5.56 Å². The number of esters is 1. The summed E-state index contributed by atoms with van der Waals surface area (Å²) < 4.78 is 9.91. The van der Waals surface area contributed by atoms with Gasteiger partial charge < -0.3 is 9.47 Å². The number of hydrogen-bond acceptors (Lipinski definition) is 3. The van der Waals surface area contributed by atoms with E-state index in [2.05, 4.69) is 0 Å². The molecule has 1 saturated heterocycles. The summed E-state index contributed by atoms with van der Waals surface area (Å²) in [6.45, 7) is 2.39. The van der Waals surface area contributed by atoms with E-state index in [-0.39, 0.29) is 12.1 Å². The van der Waals surface area contributed by atoms with Gasteiger partial charge in [-0.2, -0.15) is 0 Å². The van der Waals surface area contributed by atoms with E-state index in [4.69, 9.17) is 9.47 Å². The van der Waals surface area contributed by atoms with Gasteiger partial charge in [0.15, 0.2) is 6.10 Å². The summed E-state index contributed by atoms with van der Waals surface area (Å²) in [5, 5.41) is 0. The maximum atomic E-state index is 11.2. The van der Waals surface area contributed by atoms with Crippen LogP contribution in [-0.2, 0) is 9.53 Å². The van der Waals surface area contributed by atoms with Crippen LogP contribution in [0, 0.1) is 6.92 Å². The Bertz CT molecular complexity index is 329. The first-order valence-electron chi connectivity index (χ1n) is 4.16. The highest BCUT2D eigenvalue weighted by molar-refractivity contribution is 5.79. The van der Waals surface area contributed by atoms with Gasteiger partial charge in [0.1, 0.15) is 5.75 Å². The van der Waals surface area contributed by atoms with E-state index in [0.717, 1.165) is 5.56 Å². The second kappa shape index (κ2) is 3.18. The molecule has 13 heavy (non-hydrogen) atoms. The normalized spacial score (nSPS) is 19.6. The van der Waals surface area contributed by atoms with E-state index in [1.165, 1.54) is 0 Å². The van der Waals surface area contributed by atoms with Crippen LogP contribution in [0.4, 0.5) is 0 Å². The third-order valence-electron chi connectivity index (χ3n) is 1.90. The lowest BCUT2D eigenvalue weighted by molar-refractivity contribution is -0.135. The number of carbonyl (C=O) groups excluding carboxylic acids is 1. The molecule has 0 spiro atoms. The predicted molar refractivity (Wildman–Crippen MR) is 46.6 cm³/mol.